The number of hydrogen-bond acceptors (Lipinski definition) is 3. The zero-order valence-electron chi connectivity index (χ0n) is 17.3. The van der Waals surface area contributed by atoms with Crippen LogP contribution in [0, 0.1) is 6.92 Å². The Bertz CT molecular complexity index is 890. The summed E-state index contributed by atoms with van der Waals surface area (Å²) in [6.07, 6.45) is 4.29. The van der Waals surface area contributed by atoms with Crippen LogP contribution in [0.15, 0.2) is 36.4 Å². The van der Waals surface area contributed by atoms with E-state index in [1.54, 1.807) is 0 Å². The molecule has 1 atom stereocenters. The number of benzene rings is 2. The lowest BCUT2D eigenvalue weighted by atomic mass is 9.92. The van der Waals surface area contributed by atoms with E-state index in [0.29, 0.717) is 13.1 Å². The smallest absolute Gasteiger partial charge is 0.263 e. The maximum absolute atomic E-state index is 12.9. The van der Waals surface area contributed by atoms with Crippen molar-refractivity contribution in [2.75, 3.05) is 31.1 Å². The fraction of sp³-hybridized carbons (Fsp3) is 0.458. The van der Waals surface area contributed by atoms with Crippen LogP contribution in [-0.4, -0.2) is 43.1 Å². The third-order valence-electron chi connectivity index (χ3n) is 6.08. The molecule has 0 bridgehead atoms. The Kier molecular flexibility index (Phi) is 6.00. The molecule has 0 saturated carbocycles. The molecular formula is C24H29ClN2O2. The van der Waals surface area contributed by atoms with Gasteiger partial charge in [-0.05, 0) is 80.5 Å². The number of hydrogen-bond donors (Lipinski definition) is 0. The molecule has 5 heteroatoms. The van der Waals surface area contributed by atoms with Crippen molar-refractivity contribution in [1.82, 2.24) is 4.90 Å². The van der Waals surface area contributed by atoms with Gasteiger partial charge in [0.1, 0.15) is 5.75 Å². The normalized spacial score (nSPS) is 17.6. The average Bonchev–Trinajstić information content (AvgIpc) is 2.75. The number of ether oxygens (including phenoxy) is 1. The van der Waals surface area contributed by atoms with Gasteiger partial charge in [0.05, 0.1) is 0 Å². The average molecular weight is 413 g/mol. The van der Waals surface area contributed by atoms with E-state index in [1.165, 1.54) is 29.5 Å². The van der Waals surface area contributed by atoms with Crippen LogP contribution < -0.4 is 9.64 Å². The van der Waals surface area contributed by atoms with Crippen LogP contribution >= 0.6 is 11.6 Å². The van der Waals surface area contributed by atoms with Crippen LogP contribution in [0.25, 0.3) is 0 Å². The fourth-order valence-electron chi connectivity index (χ4n) is 4.39. The molecule has 1 aliphatic heterocycles. The number of rotatable bonds is 4. The molecule has 1 amide bonds. The minimum absolute atomic E-state index is 0.0604. The molecule has 0 aromatic heterocycles. The second-order valence-electron chi connectivity index (χ2n) is 8.14. The quantitative estimate of drug-likeness (QED) is 0.733. The Morgan fingerprint density at radius 3 is 2.48 bits per heavy atom. The molecule has 0 N–H and O–H groups in total. The molecule has 154 valence electrons. The number of carbonyl (C=O) groups is 1. The number of amides is 1. The number of halogens is 1. The van der Waals surface area contributed by atoms with Crippen molar-refractivity contribution in [2.24, 2.45) is 0 Å². The standard InChI is InChI=1S/C24H29ClN2O2/c1-17-7-9-21(25)16-23(17)26-11-13-27(14-12-26)24(28)18(2)29-22-10-8-19-5-3-4-6-20(19)15-22/h7-10,15-16,18H,3-6,11-14H2,1-2H3. The van der Waals surface area contributed by atoms with Gasteiger partial charge < -0.3 is 14.5 Å². The Hall–Kier alpha value is -2.20. The number of piperazine rings is 1. The highest BCUT2D eigenvalue weighted by atomic mass is 35.5. The number of aryl methyl sites for hydroxylation is 3. The van der Waals surface area contributed by atoms with E-state index in [9.17, 15) is 4.79 Å². The summed E-state index contributed by atoms with van der Waals surface area (Å²) in [5, 5.41) is 0.746. The van der Waals surface area contributed by atoms with Gasteiger partial charge in [-0.3, -0.25) is 4.79 Å². The van der Waals surface area contributed by atoms with Gasteiger partial charge >= 0.3 is 0 Å². The van der Waals surface area contributed by atoms with Crippen molar-refractivity contribution < 1.29 is 9.53 Å². The molecule has 4 nitrogen and oxygen atoms in total. The van der Waals surface area contributed by atoms with Gasteiger partial charge in [0.15, 0.2) is 6.10 Å². The molecule has 2 aromatic rings. The molecule has 1 heterocycles. The van der Waals surface area contributed by atoms with Crippen LogP contribution in [0.5, 0.6) is 5.75 Å². The van der Waals surface area contributed by atoms with E-state index in [0.717, 1.165) is 42.4 Å². The minimum Gasteiger partial charge on any atom is -0.481 e. The van der Waals surface area contributed by atoms with Crippen LogP contribution in [0.3, 0.4) is 0 Å². The molecular weight excluding hydrogens is 384 g/mol. The zero-order chi connectivity index (χ0) is 20.4. The van der Waals surface area contributed by atoms with Crippen molar-refractivity contribution in [3.05, 3.63) is 58.1 Å². The largest absolute Gasteiger partial charge is 0.481 e. The Morgan fingerprint density at radius 1 is 1.00 bits per heavy atom. The highest BCUT2D eigenvalue weighted by molar-refractivity contribution is 6.30. The van der Waals surface area contributed by atoms with E-state index in [4.69, 9.17) is 16.3 Å². The topological polar surface area (TPSA) is 32.8 Å². The molecule has 0 spiro atoms. The summed E-state index contributed by atoms with van der Waals surface area (Å²) in [6, 6.07) is 12.3. The van der Waals surface area contributed by atoms with Crippen LogP contribution in [0.2, 0.25) is 5.02 Å². The van der Waals surface area contributed by atoms with Gasteiger partial charge in [-0.2, -0.15) is 0 Å². The maximum Gasteiger partial charge on any atom is 0.263 e. The molecule has 2 aliphatic rings. The molecule has 1 fully saturated rings. The number of fused-ring (bicyclic) bond motifs is 1. The summed E-state index contributed by atoms with van der Waals surface area (Å²) in [5.41, 5.74) is 5.16. The summed E-state index contributed by atoms with van der Waals surface area (Å²) >= 11 is 6.17. The summed E-state index contributed by atoms with van der Waals surface area (Å²) in [6.45, 7) is 6.95. The van der Waals surface area contributed by atoms with Gasteiger partial charge in [-0.25, -0.2) is 0 Å². The van der Waals surface area contributed by atoms with Crippen molar-refractivity contribution in [3.63, 3.8) is 0 Å². The molecule has 1 aliphatic carbocycles. The Labute approximate surface area is 178 Å². The van der Waals surface area contributed by atoms with Gasteiger partial charge in [0.25, 0.3) is 5.91 Å². The van der Waals surface area contributed by atoms with E-state index in [1.807, 2.05) is 36.1 Å². The monoisotopic (exact) mass is 412 g/mol. The van der Waals surface area contributed by atoms with Crippen molar-refractivity contribution in [2.45, 2.75) is 45.6 Å². The summed E-state index contributed by atoms with van der Waals surface area (Å²) < 4.78 is 6.02. The van der Waals surface area contributed by atoms with Gasteiger partial charge in [-0.15, -0.1) is 0 Å². The summed E-state index contributed by atoms with van der Waals surface area (Å²) in [4.78, 5) is 17.1. The highest BCUT2D eigenvalue weighted by Crippen LogP contribution is 2.27. The summed E-state index contributed by atoms with van der Waals surface area (Å²) in [5.74, 6) is 0.866. The third kappa shape index (κ3) is 4.53. The lowest BCUT2D eigenvalue weighted by Crippen LogP contribution is -2.52. The Morgan fingerprint density at radius 2 is 1.72 bits per heavy atom. The van der Waals surface area contributed by atoms with Crippen LogP contribution in [0.4, 0.5) is 5.69 Å². The van der Waals surface area contributed by atoms with E-state index in [-0.39, 0.29) is 5.91 Å². The predicted octanol–water partition coefficient (Wildman–Crippen LogP) is 4.64. The summed E-state index contributed by atoms with van der Waals surface area (Å²) in [7, 11) is 0. The van der Waals surface area contributed by atoms with Crippen LogP contribution in [0.1, 0.15) is 36.5 Å². The first kappa shape index (κ1) is 20.1. The van der Waals surface area contributed by atoms with Crippen molar-refractivity contribution in [1.29, 1.82) is 0 Å². The number of anilines is 1. The second-order valence-corrected chi connectivity index (χ2v) is 8.58. The first-order valence-corrected chi connectivity index (χ1v) is 11.0. The van der Waals surface area contributed by atoms with Gasteiger partial charge in [-0.1, -0.05) is 23.7 Å². The molecule has 29 heavy (non-hydrogen) atoms. The molecule has 1 unspecified atom stereocenters. The highest BCUT2D eigenvalue weighted by Gasteiger charge is 2.27. The van der Waals surface area contributed by atoms with Gasteiger partial charge in [0.2, 0.25) is 0 Å². The van der Waals surface area contributed by atoms with Gasteiger partial charge in [0, 0.05) is 36.9 Å². The van der Waals surface area contributed by atoms with Crippen molar-refractivity contribution in [3.8, 4) is 5.75 Å². The maximum atomic E-state index is 12.9. The number of carbonyl (C=O) groups excluding carboxylic acids is 1. The van der Waals surface area contributed by atoms with E-state index < -0.39 is 6.10 Å². The lowest BCUT2D eigenvalue weighted by molar-refractivity contribution is -0.138. The van der Waals surface area contributed by atoms with Crippen molar-refractivity contribution >= 4 is 23.2 Å². The fourth-order valence-corrected chi connectivity index (χ4v) is 4.55. The molecule has 0 radical (unpaired) electrons. The zero-order valence-corrected chi connectivity index (χ0v) is 18.0. The lowest BCUT2D eigenvalue weighted by Gasteiger charge is -2.37. The predicted molar refractivity (Wildman–Crippen MR) is 118 cm³/mol. The second kappa shape index (κ2) is 8.66. The van der Waals surface area contributed by atoms with Crippen LogP contribution in [-0.2, 0) is 17.6 Å². The number of nitrogens with zero attached hydrogens (tertiary/aromatic N) is 2. The van der Waals surface area contributed by atoms with E-state index >= 15 is 0 Å². The van der Waals surface area contributed by atoms with E-state index in [2.05, 4.69) is 24.0 Å². The minimum atomic E-state index is -0.476. The Balaban J connectivity index is 1.35. The first-order chi connectivity index (χ1) is 14.0. The molecule has 2 aromatic carbocycles. The molecule has 1 saturated heterocycles. The molecule has 4 rings (SSSR count). The SMILES string of the molecule is Cc1ccc(Cl)cc1N1CCN(C(=O)C(C)Oc2ccc3c(c2)CCCC3)CC1. The first-order valence-electron chi connectivity index (χ1n) is 10.6. The third-order valence-corrected chi connectivity index (χ3v) is 6.32.